The number of non-ortho nitro benzene ring substituents is 1. The van der Waals surface area contributed by atoms with Crippen LogP contribution in [0.4, 0.5) is 5.69 Å². The number of nitrogens with two attached hydrogens (primary N) is 1. The van der Waals surface area contributed by atoms with Crippen molar-refractivity contribution < 1.29 is 14.1 Å². The first kappa shape index (κ1) is 18.4. The monoisotopic (exact) mass is 411 g/mol. The summed E-state index contributed by atoms with van der Waals surface area (Å²) in [6.07, 6.45) is 0. The Morgan fingerprint density at radius 1 is 1.06 bits per heavy atom. The summed E-state index contributed by atoms with van der Waals surface area (Å²) in [5.41, 5.74) is 5.96. The van der Waals surface area contributed by atoms with E-state index in [9.17, 15) is 20.2 Å². The largest absolute Gasteiger partial charge is 0.439 e. The lowest BCUT2D eigenvalue weighted by Gasteiger charge is -2.26. The highest BCUT2D eigenvalue weighted by Gasteiger charge is 2.36. The van der Waals surface area contributed by atoms with E-state index in [4.69, 9.17) is 14.9 Å². The minimum atomic E-state index is -0.958. The molecule has 2 heterocycles. The molecule has 0 fully saturated rings. The minimum Gasteiger partial charge on any atom is -0.439 e. The Labute approximate surface area is 174 Å². The summed E-state index contributed by atoms with van der Waals surface area (Å²) in [5, 5.41) is 23.1. The molecule has 1 unspecified atom stereocenters. The van der Waals surface area contributed by atoms with Crippen molar-refractivity contribution in [3.63, 3.8) is 0 Å². The SMILES string of the molecule is N#CC1=C(N)Oc2c(c(=O)oc3c2ccc2ccccc23)C1c1cccc([N+](=O)[O-])c1. The Morgan fingerprint density at radius 2 is 1.87 bits per heavy atom. The van der Waals surface area contributed by atoms with E-state index in [1.807, 2.05) is 36.4 Å². The first-order valence-corrected chi connectivity index (χ1v) is 9.30. The molecule has 1 aromatic heterocycles. The van der Waals surface area contributed by atoms with Gasteiger partial charge in [0.15, 0.2) is 5.75 Å². The smallest absolute Gasteiger partial charge is 0.344 e. The van der Waals surface area contributed by atoms with Crippen LogP contribution < -0.4 is 16.1 Å². The molecule has 0 amide bonds. The molecule has 0 aliphatic carbocycles. The van der Waals surface area contributed by atoms with Crippen molar-refractivity contribution in [1.29, 1.82) is 5.26 Å². The lowest BCUT2D eigenvalue weighted by molar-refractivity contribution is -0.384. The average molecular weight is 411 g/mol. The zero-order valence-corrected chi connectivity index (χ0v) is 15.9. The number of allylic oxidation sites excluding steroid dienone is 1. The second-order valence-electron chi connectivity index (χ2n) is 7.07. The third-order valence-electron chi connectivity index (χ3n) is 5.37. The Hall–Kier alpha value is -4.64. The molecule has 0 spiro atoms. The van der Waals surface area contributed by atoms with Crippen molar-refractivity contribution in [3.8, 4) is 11.8 Å². The quantitative estimate of drug-likeness (QED) is 0.227. The lowest BCUT2D eigenvalue weighted by atomic mass is 9.83. The van der Waals surface area contributed by atoms with Gasteiger partial charge in [0.05, 0.1) is 21.8 Å². The van der Waals surface area contributed by atoms with Gasteiger partial charge in [-0.25, -0.2) is 4.79 Å². The molecule has 31 heavy (non-hydrogen) atoms. The Bertz CT molecular complexity index is 1540. The number of hydrogen-bond acceptors (Lipinski definition) is 7. The lowest BCUT2D eigenvalue weighted by Crippen LogP contribution is -2.26. The Balaban J connectivity index is 1.86. The summed E-state index contributed by atoms with van der Waals surface area (Å²) in [6.45, 7) is 0. The molecule has 8 heteroatoms. The fraction of sp³-hybridized carbons (Fsp3) is 0.0435. The van der Waals surface area contributed by atoms with Crippen LogP contribution in [0.15, 0.2) is 81.3 Å². The Kier molecular flexibility index (Phi) is 3.98. The van der Waals surface area contributed by atoms with Gasteiger partial charge in [0.25, 0.3) is 5.69 Å². The van der Waals surface area contributed by atoms with Gasteiger partial charge >= 0.3 is 5.63 Å². The number of ether oxygens (including phenoxy) is 1. The predicted molar refractivity (Wildman–Crippen MR) is 112 cm³/mol. The standard InChI is InChI=1S/C23H13N3O5/c24-11-17-18(13-5-3-6-14(10-13)26(28)29)19-21(30-22(17)25)16-9-8-12-4-1-2-7-15(12)20(16)31-23(19)27/h1-10,18H,25H2. The number of nitro benzene ring substituents is 1. The summed E-state index contributed by atoms with van der Waals surface area (Å²) >= 11 is 0. The first-order chi connectivity index (χ1) is 15.0. The summed E-state index contributed by atoms with van der Waals surface area (Å²) in [7, 11) is 0. The van der Waals surface area contributed by atoms with E-state index in [-0.39, 0.29) is 28.5 Å². The van der Waals surface area contributed by atoms with Gasteiger partial charge in [-0.15, -0.1) is 0 Å². The minimum absolute atomic E-state index is 0.0135. The van der Waals surface area contributed by atoms with E-state index in [0.717, 1.165) is 10.8 Å². The van der Waals surface area contributed by atoms with E-state index >= 15 is 0 Å². The fourth-order valence-electron chi connectivity index (χ4n) is 4.00. The Morgan fingerprint density at radius 3 is 2.65 bits per heavy atom. The molecule has 1 aliphatic rings. The summed E-state index contributed by atoms with van der Waals surface area (Å²) in [4.78, 5) is 23.9. The van der Waals surface area contributed by atoms with Crippen LogP contribution in [0.1, 0.15) is 17.0 Å². The molecule has 3 aromatic carbocycles. The molecule has 2 N–H and O–H groups in total. The zero-order valence-electron chi connectivity index (χ0n) is 15.9. The third kappa shape index (κ3) is 2.72. The van der Waals surface area contributed by atoms with E-state index in [1.54, 1.807) is 12.1 Å². The number of fused-ring (bicyclic) bond motifs is 5. The first-order valence-electron chi connectivity index (χ1n) is 9.30. The van der Waals surface area contributed by atoms with Crippen LogP contribution in [-0.2, 0) is 0 Å². The summed E-state index contributed by atoms with van der Waals surface area (Å²) in [5.74, 6) is -0.933. The van der Waals surface area contributed by atoms with E-state index < -0.39 is 16.5 Å². The molecule has 0 bridgehead atoms. The normalized spacial score (nSPS) is 15.4. The van der Waals surface area contributed by atoms with E-state index in [1.165, 1.54) is 18.2 Å². The van der Waals surface area contributed by atoms with Gasteiger partial charge in [0, 0.05) is 17.5 Å². The molecular weight excluding hydrogens is 398 g/mol. The van der Waals surface area contributed by atoms with Gasteiger partial charge in [-0.2, -0.15) is 5.26 Å². The number of nitriles is 1. The van der Waals surface area contributed by atoms with E-state index in [2.05, 4.69) is 0 Å². The fourth-order valence-corrected chi connectivity index (χ4v) is 4.00. The number of rotatable bonds is 2. The molecule has 1 atom stereocenters. The van der Waals surface area contributed by atoms with Crippen molar-refractivity contribution in [2.24, 2.45) is 5.73 Å². The molecule has 150 valence electrons. The van der Waals surface area contributed by atoms with Crippen LogP contribution in [0.25, 0.3) is 21.7 Å². The van der Waals surface area contributed by atoms with Gasteiger partial charge in [0.1, 0.15) is 17.2 Å². The van der Waals surface area contributed by atoms with Crippen molar-refractivity contribution in [2.45, 2.75) is 5.92 Å². The summed E-state index contributed by atoms with van der Waals surface area (Å²) < 4.78 is 11.4. The van der Waals surface area contributed by atoms with Crippen molar-refractivity contribution in [1.82, 2.24) is 0 Å². The molecule has 0 saturated heterocycles. The van der Waals surface area contributed by atoms with Crippen LogP contribution in [0.3, 0.4) is 0 Å². The van der Waals surface area contributed by atoms with Gasteiger partial charge < -0.3 is 14.9 Å². The third-order valence-corrected chi connectivity index (χ3v) is 5.37. The van der Waals surface area contributed by atoms with Crippen LogP contribution in [0.2, 0.25) is 0 Å². The highest BCUT2D eigenvalue weighted by atomic mass is 16.6. The molecule has 1 aliphatic heterocycles. The van der Waals surface area contributed by atoms with Crippen molar-refractivity contribution in [2.75, 3.05) is 0 Å². The maximum atomic E-state index is 13.1. The molecule has 8 nitrogen and oxygen atoms in total. The topological polar surface area (TPSA) is 132 Å². The molecule has 0 saturated carbocycles. The average Bonchev–Trinajstić information content (AvgIpc) is 2.78. The number of benzene rings is 3. The van der Waals surface area contributed by atoms with E-state index in [0.29, 0.717) is 16.5 Å². The van der Waals surface area contributed by atoms with Gasteiger partial charge in [0.2, 0.25) is 5.88 Å². The molecule has 0 radical (unpaired) electrons. The number of nitro groups is 1. The number of hydrogen-bond donors (Lipinski definition) is 1. The van der Waals surface area contributed by atoms with Crippen molar-refractivity contribution in [3.05, 3.63) is 104 Å². The highest BCUT2D eigenvalue weighted by molar-refractivity contribution is 6.06. The number of nitrogens with zero attached hydrogens (tertiary/aromatic N) is 2. The maximum absolute atomic E-state index is 13.1. The van der Waals surface area contributed by atoms with Crippen LogP contribution in [0, 0.1) is 21.4 Å². The van der Waals surface area contributed by atoms with Gasteiger partial charge in [-0.1, -0.05) is 42.5 Å². The second kappa shape index (κ2) is 6.71. The molecular formula is C23H13N3O5. The predicted octanol–water partition coefficient (Wildman–Crippen LogP) is 4.07. The van der Waals surface area contributed by atoms with Crippen molar-refractivity contribution >= 4 is 27.4 Å². The van der Waals surface area contributed by atoms with Crippen LogP contribution in [0.5, 0.6) is 5.75 Å². The van der Waals surface area contributed by atoms with Crippen LogP contribution >= 0.6 is 0 Å². The van der Waals surface area contributed by atoms with Crippen LogP contribution in [-0.4, -0.2) is 4.92 Å². The van der Waals surface area contributed by atoms with Gasteiger partial charge in [-0.05, 0) is 17.0 Å². The second-order valence-corrected chi connectivity index (χ2v) is 7.07. The summed E-state index contributed by atoms with van der Waals surface area (Å²) in [6, 6.07) is 18.8. The maximum Gasteiger partial charge on any atom is 0.344 e. The van der Waals surface area contributed by atoms with Gasteiger partial charge in [-0.3, -0.25) is 10.1 Å². The zero-order chi connectivity index (χ0) is 21.7. The molecule has 4 aromatic rings. The molecule has 5 rings (SSSR count). The highest BCUT2D eigenvalue weighted by Crippen LogP contribution is 2.44.